The molecule has 1 aromatic rings. The van der Waals surface area contributed by atoms with Gasteiger partial charge in [-0.25, -0.2) is 4.39 Å². The molecular formula is C13H18ClFN2O. The van der Waals surface area contributed by atoms with Gasteiger partial charge in [-0.1, -0.05) is 11.6 Å². The number of anilines is 1. The normalized spacial score (nSPS) is 19.1. The van der Waals surface area contributed by atoms with Crippen LogP contribution in [0.5, 0.6) is 0 Å². The Hall–Kier alpha value is -0.840. The minimum absolute atomic E-state index is 0.146. The Morgan fingerprint density at radius 1 is 1.39 bits per heavy atom. The summed E-state index contributed by atoms with van der Waals surface area (Å²) in [6.07, 6.45) is 2.68. The lowest BCUT2D eigenvalue weighted by molar-refractivity contribution is 0.110. The van der Waals surface area contributed by atoms with Crippen molar-refractivity contribution in [1.29, 1.82) is 0 Å². The maximum absolute atomic E-state index is 12.9. The smallest absolute Gasteiger partial charge is 0.141 e. The fourth-order valence-corrected chi connectivity index (χ4v) is 2.15. The number of rotatable bonds is 6. The third kappa shape index (κ3) is 4.12. The zero-order valence-electron chi connectivity index (χ0n) is 10.2. The monoisotopic (exact) mass is 272 g/mol. The molecule has 0 bridgehead atoms. The Balaban J connectivity index is 1.61. The summed E-state index contributed by atoms with van der Waals surface area (Å²) in [4.78, 5) is 0. The summed E-state index contributed by atoms with van der Waals surface area (Å²) in [5.74, 6) is -0.390. The van der Waals surface area contributed by atoms with Crippen LogP contribution in [0.4, 0.5) is 10.1 Å². The predicted octanol–water partition coefficient (Wildman–Crippen LogP) is 2.66. The second-order valence-electron chi connectivity index (χ2n) is 4.39. The Morgan fingerprint density at radius 2 is 2.28 bits per heavy atom. The molecule has 1 fully saturated rings. The van der Waals surface area contributed by atoms with E-state index in [1.165, 1.54) is 12.5 Å². The van der Waals surface area contributed by atoms with Crippen molar-refractivity contribution in [3.8, 4) is 0 Å². The van der Waals surface area contributed by atoms with Crippen LogP contribution in [0.3, 0.4) is 0 Å². The number of halogens is 2. The summed E-state index contributed by atoms with van der Waals surface area (Å²) in [7, 11) is 0. The molecule has 2 rings (SSSR count). The second-order valence-corrected chi connectivity index (χ2v) is 4.80. The first kappa shape index (κ1) is 13.6. The van der Waals surface area contributed by atoms with Crippen LogP contribution in [-0.4, -0.2) is 32.3 Å². The fraction of sp³-hybridized carbons (Fsp3) is 0.538. The highest BCUT2D eigenvalue weighted by molar-refractivity contribution is 6.31. The van der Waals surface area contributed by atoms with Crippen LogP contribution in [0.25, 0.3) is 0 Å². The van der Waals surface area contributed by atoms with Crippen molar-refractivity contribution in [2.45, 2.75) is 18.9 Å². The van der Waals surface area contributed by atoms with E-state index in [-0.39, 0.29) is 5.02 Å². The number of nitrogens with one attached hydrogen (secondary N) is 2. The summed E-state index contributed by atoms with van der Waals surface area (Å²) in [5.41, 5.74) is 0.834. The van der Waals surface area contributed by atoms with Gasteiger partial charge in [0.25, 0.3) is 0 Å². The second kappa shape index (κ2) is 6.92. The molecule has 5 heteroatoms. The number of benzene rings is 1. The van der Waals surface area contributed by atoms with Gasteiger partial charge in [0, 0.05) is 31.9 Å². The van der Waals surface area contributed by atoms with Gasteiger partial charge in [0.05, 0.1) is 11.1 Å². The van der Waals surface area contributed by atoms with Crippen molar-refractivity contribution < 1.29 is 9.13 Å². The topological polar surface area (TPSA) is 33.3 Å². The minimum Gasteiger partial charge on any atom is -0.384 e. The Labute approximate surface area is 112 Å². The first-order valence-electron chi connectivity index (χ1n) is 6.27. The van der Waals surface area contributed by atoms with Crippen molar-refractivity contribution in [2.75, 3.05) is 31.6 Å². The molecule has 0 saturated carbocycles. The molecule has 0 amide bonds. The number of ether oxygens (including phenoxy) is 1. The summed E-state index contributed by atoms with van der Waals surface area (Å²) in [6, 6.07) is 4.64. The number of hydrogen-bond acceptors (Lipinski definition) is 3. The van der Waals surface area contributed by atoms with Crippen LogP contribution >= 0.6 is 11.6 Å². The van der Waals surface area contributed by atoms with Crippen molar-refractivity contribution in [2.24, 2.45) is 0 Å². The van der Waals surface area contributed by atoms with E-state index in [0.717, 1.165) is 38.3 Å². The van der Waals surface area contributed by atoms with E-state index >= 15 is 0 Å². The zero-order chi connectivity index (χ0) is 12.8. The van der Waals surface area contributed by atoms with Crippen molar-refractivity contribution in [3.05, 3.63) is 29.0 Å². The lowest BCUT2D eigenvalue weighted by Gasteiger charge is -2.11. The molecule has 3 nitrogen and oxygen atoms in total. The average molecular weight is 273 g/mol. The van der Waals surface area contributed by atoms with E-state index in [1.54, 1.807) is 12.1 Å². The Morgan fingerprint density at radius 3 is 3.00 bits per heavy atom. The zero-order valence-corrected chi connectivity index (χ0v) is 11.0. The maximum atomic E-state index is 12.9. The highest BCUT2D eigenvalue weighted by atomic mass is 35.5. The third-order valence-electron chi connectivity index (χ3n) is 2.95. The van der Waals surface area contributed by atoms with Crippen molar-refractivity contribution in [3.63, 3.8) is 0 Å². The molecule has 1 aliphatic heterocycles. The molecule has 18 heavy (non-hydrogen) atoms. The maximum Gasteiger partial charge on any atom is 0.141 e. The van der Waals surface area contributed by atoms with Crippen molar-refractivity contribution >= 4 is 17.3 Å². The average Bonchev–Trinajstić information content (AvgIpc) is 2.86. The molecule has 100 valence electrons. The first-order chi connectivity index (χ1) is 8.75. The molecule has 1 aromatic carbocycles. The van der Waals surface area contributed by atoms with Crippen LogP contribution in [0.1, 0.15) is 12.8 Å². The van der Waals surface area contributed by atoms with Gasteiger partial charge in [0.1, 0.15) is 5.82 Å². The molecule has 1 unspecified atom stereocenters. The van der Waals surface area contributed by atoms with Gasteiger partial charge in [-0.2, -0.15) is 0 Å². The molecule has 0 aliphatic carbocycles. The van der Waals surface area contributed by atoms with E-state index in [0.29, 0.717) is 6.10 Å². The van der Waals surface area contributed by atoms with E-state index in [2.05, 4.69) is 10.6 Å². The van der Waals surface area contributed by atoms with Crippen LogP contribution in [0.2, 0.25) is 5.02 Å². The quantitative estimate of drug-likeness (QED) is 0.781. The minimum atomic E-state index is -0.390. The van der Waals surface area contributed by atoms with Gasteiger partial charge in [-0.05, 0) is 31.0 Å². The molecular weight excluding hydrogens is 255 g/mol. The van der Waals surface area contributed by atoms with E-state index in [9.17, 15) is 4.39 Å². The first-order valence-corrected chi connectivity index (χ1v) is 6.65. The molecule has 1 atom stereocenters. The van der Waals surface area contributed by atoms with E-state index in [4.69, 9.17) is 16.3 Å². The van der Waals surface area contributed by atoms with Crippen LogP contribution in [0, 0.1) is 5.82 Å². The molecule has 0 spiro atoms. The fourth-order valence-electron chi connectivity index (χ4n) is 1.97. The Kier molecular flexibility index (Phi) is 5.23. The predicted molar refractivity (Wildman–Crippen MR) is 71.7 cm³/mol. The molecule has 2 N–H and O–H groups in total. The van der Waals surface area contributed by atoms with Crippen LogP contribution in [0.15, 0.2) is 18.2 Å². The molecule has 1 saturated heterocycles. The van der Waals surface area contributed by atoms with Gasteiger partial charge in [-0.15, -0.1) is 0 Å². The summed E-state index contributed by atoms with van der Waals surface area (Å²) in [5, 5.41) is 6.66. The summed E-state index contributed by atoms with van der Waals surface area (Å²) in [6.45, 7) is 3.40. The third-order valence-corrected chi connectivity index (χ3v) is 3.24. The molecule has 1 heterocycles. The summed E-state index contributed by atoms with van der Waals surface area (Å²) < 4.78 is 18.4. The molecule has 0 radical (unpaired) electrons. The van der Waals surface area contributed by atoms with Gasteiger partial charge < -0.3 is 15.4 Å². The van der Waals surface area contributed by atoms with Crippen LogP contribution < -0.4 is 10.6 Å². The highest BCUT2D eigenvalue weighted by Crippen LogP contribution is 2.18. The van der Waals surface area contributed by atoms with Crippen LogP contribution in [-0.2, 0) is 4.74 Å². The van der Waals surface area contributed by atoms with Gasteiger partial charge >= 0.3 is 0 Å². The lowest BCUT2D eigenvalue weighted by atomic mass is 10.2. The van der Waals surface area contributed by atoms with E-state index < -0.39 is 5.82 Å². The molecule has 0 aromatic heterocycles. The summed E-state index contributed by atoms with van der Waals surface area (Å²) >= 11 is 5.69. The van der Waals surface area contributed by atoms with Gasteiger partial charge in [0.15, 0.2) is 0 Å². The van der Waals surface area contributed by atoms with Gasteiger partial charge in [0.2, 0.25) is 0 Å². The SMILES string of the molecule is Fc1ccc(NCCNCC2CCCO2)cc1Cl. The number of hydrogen-bond donors (Lipinski definition) is 2. The van der Waals surface area contributed by atoms with E-state index in [1.807, 2.05) is 0 Å². The van der Waals surface area contributed by atoms with Crippen molar-refractivity contribution in [1.82, 2.24) is 5.32 Å². The largest absolute Gasteiger partial charge is 0.384 e. The van der Waals surface area contributed by atoms with Gasteiger partial charge in [-0.3, -0.25) is 0 Å². The molecule has 1 aliphatic rings. The highest BCUT2D eigenvalue weighted by Gasteiger charge is 2.13. The lowest BCUT2D eigenvalue weighted by Crippen LogP contribution is -2.30. The Bertz CT molecular complexity index is 383. The standard InChI is InChI=1S/C13H18ClFN2O/c14-12-8-10(3-4-13(12)15)17-6-5-16-9-11-2-1-7-18-11/h3-4,8,11,16-17H,1-2,5-7,9H2.